The van der Waals surface area contributed by atoms with Gasteiger partial charge in [0.15, 0.2) is 5.70 Å². The predicted octanol–water partition coefficient (Wildman–Crippen LogP) is 4.46. The van der Waals surface area contributed by atoms with Gasteiger partial charge >= 0.3 is 5.97 Å². The molecule has 0 unspecified atom stereocenters. The highest BCUT2D eigenvalue weighted by molar-refractivity contribution is 9.10. The molecule has 0 radical (unpaired) electrons. The summed E-state index contributed by atoms with van der Waals surface area (Å²) in [6.07, 6.45) is 1.62. The summed E-state index contributed by atoms with van der Waals surface area (Å²) in [5, 5.41) is 0.461. The Hall–Kier alpha value is -2.11. The van der Waals surface area contributed by atoms with Crippen molar-refractivity contribution in [3.8, 4) is 5.75 Å². The number of halogens is 2. The molecule has 2 aromatic rings. The van der Waals surface area contributed by atoms with Crippen molar-refractivity contribution in [1.29, 1.82) is 0 Å². The number of rotatable bonds is 3. The van der Waals surface area contributed by atoms with Crippen molar-refractivity contribution in [2.75, 3.05) is 7.11 Å². The van der Waals surface area contributed by atoms with Crippen molar-refractivity contribution >= 4 is 45.5 Å². The number of carbonyl (C=O) groups excluding carboxylic acids is 1. The van der Waals surface area contributed by atoms with Crippen LogP contribution in [0, 0.1) is 0 Å². The first-order chi connectivity index (χ1) is 11.1. The second-order valence-electron chi connectivity index (χ2n) is 4.71. The van der Waals surface area contributed by atoms with E-state index in [0.717, 1.165) is 15.6 Å². The molecule has 0 saturated carbocycles. The van der Waals surface area contributed by atoms with Gasteiger partial charge in [0.05, 0.1) is 17.7 Å². The number of ether oxygens (including phenoxy) is 2. The minimum atomic E-state index is -0.498. The van der Waals surface area contributed by atoms with Crippen LogP contribution in [0.2, 0.25) is 5.02 Å². The molecule has 0 aliphatic carbocycles. The van der Waals surface area contributed by atoms with E-state index in [4.69, 9.17) is 21.1 Å². The molecule has 0 N–H and O–H groups in total. The summed E-state index contributed by atoms with van der Waals surface area (Å²) in [6.45, 7) is 0. The molecule has 2 aromatic carbocycles. The number of methoxy groups -OCH3 is 1. The van der Waals surface area contributed by atoms with E-state index < -0.39 is 5.97 Å². The van der Waals surface area contributed by atoms with Gasteiger partial charge in [0.1, 0.15) is 5.75 Å². The van der Waals surface area contributed by atoms with Gasteiger partial charge in [-0.15, -0.1) is 0 Å². The Labute approximate surface area is 146 Å². The van der Waals surface area contributed by atoms with Gasteiger partial charge < -0.3 is 9.47 Å². The largest absolute Gasteiger partial charge is 0.495 e. The number of hydrogen-bond acceptors (Lipinski definition) is 4. The Kier molecular flexibility index (Phi) is 4.50. The minimum absolute atomic E-state index is 0.219. The van der Waals surface area contributed by atoms with E-state index in [0.29, 0.717) is 10.8 Å². The fourth-order valence-electron chi connectivity index (χ4n) is 2.09. The Balaban J connectivity index is 1.95. The molecule has 23 heavy (non-hydrogen) atoms. The predicted molar refractivity (Wildman–Crippen MR) is 92.8 cm³/mol. The molecule has 0 fully saturated rings. The summed E-state index contributed by atoms with van der Waals surface area (Å²) in [5.41, 5.74) is 1.67. The van der Waals surface area contributed by atoms with Crippen molar-refractivity contribution in [1.82, 2.24) is 0 Å². The molecule has 4 nitrogen and oxygen atoms in total. The first kappa shape index (κ1) is 15.8. The highest BCUT2D eigenvalue weighted by Gasteiger charge is 2.25. The van der Waals surface area contributed by atoms with Crippen LogP contribution in [-0.4, -0.2) is 19.0 Å². The minimum Gasteiger partial charge on any atom is -0.495 e. The molecule has 0 amide bonds. The van der Waals surface area contributed by atoms with Crippen molar-refractivity contribution in [2.24, 2.45) is 4.99 Å². The third kappa shape index (κ3) is 3.30. The Morgan fingerprint density at radius 3 is 2.74 bits per heavy atom. The number of cyclic esters (lactones) is 1. The van der Waals surface area contributed by atoms with Gasteiger partial charge in [0.25, 0.3) is 0 Å². The van der Waals surface area contributed by atoms with E-state index in [1.54, 1.807) is 31.4 Å². The number of esters is 1. The quantitative estimate of drug-likeness (QED) is 0.572. The van der Waals surface area contributed by atoms with Crippen LogP contribution in [0.25, 0.3) is 6.08 Å². The normalized spacial score (nSPS) is 15.5. The van der Waals surface area contributed by atoms with Crippen LogP contribution in [0.5, 0.6) is 5.75 Å². The summed E-state index contributed by atoms with van der Waals surface area (Å²) in [6, 6.07) is 12.6. The molecule has 3 rings (SSSR count). The lowest BCUT2D eigenvalue weighted by atomic mass is 10.2. The molecule has 1 aliphatic rings. The van der Waals surface area contributed by atoms with Crippen molar-refractivity contribution in [3.63, 3.8) is 0 Å². The van der Waals surface area contributed by atoms with Gasteiger partial charge in [-0.3, -0.25) is 0 Å². The van der Waals surface area contributed by atoms with Crippen molar-refractivity contribution < 1.29 is 14.3 Å². The first-order valence-electron chi connectivity index (χ1n) is 6.69. The molecule has 6 heteroatoms. The maximum absolute atomic E-state index is 12.0. The smallest absolute Gasteiger partial charge is 0.363 e. The zero-order chi connectivity index (χ0) is 16.4. The van der Waals surface area contributed by atoms with Gasteiger partial charge in [-0.05, 0) is 51.8 Å². The third-order valence-electron chi connectivity index (χ3n) is 3.20. The number of benzene rings is 2. The average molecular weight is 393 g/mol. The molecular weight excluding hydrogens is 382 g/mol. The first-order valence-corrected chi connectivity index (χ1v) is 7.86. The van der Waals surface area contributed by atoms with Crippen LogP contribution in [0.4, 0.5) is 0 Å². The topological polar surface area (TPSA) is 47.9 Å². The van der Waals surface area contributed by atoms with Gasteiger partial charge in [0, 0.05) is 4.47 Å². The van der Waals surface area contributed by atoms with Crippen LogP contribution in [0.3, 0.4) is 0 Å². The van der Waals surface area contributed by atoms with Crippen LogP contribution >= 0.6 is 27.5 Å². The summed E-state index contributed by atoms with van der Waals surface area (Å²) in [7, 11) is 1.54. The van der Waals surface area contributed by atoms with Crippen molar-refractivity contribution in [2.45, 2.75) is 0 Å². The summed E-state index contributed by atoms with van der Waals surface area (Å²) >= 11 is 9.50. The summed E-state index contributed by atoms with van der Waals surface area (Å²) in [4.78, 5) is 16.3. The lowest BCUT2D eigenvalue weighted by molar-refractivity contribution is -0.129. The molecule has 0 bridgehead atoms. The number of aliphatic imine (C=N–C) groups is 1. The van der Waals surface area contributed by atoms with E-state index in [2.05, 4.69) is 20.9 Å². The third-order valence-corrected chi connectivity index (χ3v) is 4.19. The number of hydrogen-bond donors (Lipinski definition) is 0. The van der Waals surface area contributed by atoms with E-state index in [-0.39, 0.29) is 11.6 Å². The van der Waals surface area contributed by atoms with Crippen LogP contribution in [-0.2, 0) is 9.53 Å². The van der Waals surface area contributed by atoms with E-state index in [9.17, 15) is 4.79 Å². The van der Waals surface area contributed by atoms with Crippen LogP contribution in [0.15, 0.2) is 57.6 Å². The lowest BCUT2D eigenvalue weighted by Crippen LogP contribution is -2.05. The maximum atomic E-state index is 12.0. The lowest BCUT2D eigenvalue weighted by Gasteiger charge is -2.03. The van der Waals surface area contributed by atoms with E-state index >= 15 is 0 Å². The van der Waals surface area contributed by atoms with E-state index in [1.165, 1.54) is 0 Å². The Morgan fingerprint density at radius 2 is 2.04 bits per heavy atom. The van der Waals surface area contributed by atoms with Gasteiger partial charge in [0.2, 0.25) is 5.90 Å². The highest BCUT2D eigenvalue weighted by Crippen LogP contribution is 2.28. The summed E-state index contributed by atoms with van der Waals surface area (Å²) in [5.74, 6) is 0.344. The molecular formula is C17H11BrClNO3. The monoisotopic (exact) mass is 391 g/mol. The molecule has 1 aliphatic heterocycles. The van der Waals surface area contributed by atoms with Crippen LogP contribution < -0.4 is 4.74 Å². The van der Waals surface area contributed by atoms with E-state index in [1.807, 2.05) is 24.3 Å². The fourth-order valence-corrected chi connectivity index (χ4v) is 2.81. The highest BCUT2D eigenvalue weighted by atomic mass is 79.9. The van der Waals surface area contributed by atoms with Gasteiger partial charge in [-0.2, -0.15) is 0 Å². The molecule has 0 aromatic heterocycles. The molecule has 0 saturated heterocycles. The van der Waals surface area contributed by atoms with Gasteiger partial charge in [-0.25, -0.2) is 9.79 Å². The second kappa shape index (κ2) is 6.56. The Morgan fingerprint density at radius 1 is 1.26 bits per heavy atom. The zero-order valence-electron chi connectivity index (χ0n) is 12.0. The molecule has 116 valence electrons. The molecule has 1 heterocycles. The Bertz CT molecular complexity index is 845. The van der Waals surface area contributed by atoms with Crippen molar-refractivity contribution in [3.05, 3.63) is 68.8 Å². The molecule has 0 atom stereocenters. The second-order valence-corrected chi connectivity index (χ2v) is 5.97. The number of carbonyl (C=O) groups is 1. The van der Waals surface area contributed by atoms with Gasteiger partial charge in [-0.1, -0.05) is 29.8 Å². The average Bonchev–Trinajstić information content (AvgIpc) is 2.89. The fraction of sp³-hybridized carbons (Fsp3) is 0.0588. The molecule has 0 spiro atoms. The standard InChI is InChI=1S/C17H11BrClNO3/c1-22-15-7-6-10(8-13(15)19)9-14-17(21)23-16(20-14)11-4-2-3-5-12(11)18/h2-9H,1H3/b14-9-. The number of nitrogens with zero attached hydrogens (tertiary/aromatic N) is 1. The van der Waals surface area contributed by atoms with Crippen LogP contribution in [0.1, 0.15) is 11.1 Å². The zero-order valence-corrected chi connectivity index (χ0v) is 14.4. The summed E-state index contributed by atoms with van der Waals surface area (Å²) < 4.78 is 11.2. The SMILES string of the molecule is COc1ccc(/C=C2\N=C(c3ccccc3Br)OC2=O)cc1Cl. The maximum Gasteiger partial charge on any atom is 0.363 e.